The van der Waals surface area contributed by atoms with Crippen LogP contribution < -0.4 is 15.8 Å². The highest BCUT2D eigenvalue weighted by atomic mass is 32.1. The van der Waals surface area contributed by atoms with Crippen molar-refractivity contribution in [3.05, 3.63) is 60.2 Å². The first kappa shape index (κ1) is 16.3. The van der Waals surface area contributed by atoms with Crippen molar-refractivity contribution in [2.75, 3.05) is 11.9 Å². The van der Waals surface area contributed by atoms with E-state index in [4.69, 9.17) is 22.7 Å². The van der Waals surface area contributed by atoms with Crippen molar-refractivity contribution in [1.82, 2.24) is 0 Å². The molecule has 0 aliphatic heterocycles. The van der Waals surface area contributed by atoms with Crippen LogP contribution in [0.25, 0.3) is 0 Å². The average molecular weight is 314 g/mol. The summed E-state index contributed by atoms with van der Waals surface area (Å²) in [6.45, 7) is 0.727. The maximum absolute atomic E-state index is 5.76. The molecule has 0 fully saturated rings. The van der Waals surface area contributed by atoms with Gasteiger partial charge in [0, 0.05) is 11.8 Å². The van der Waals surface area contributed by atoms with Crippen LogP contribution in [-0.2, 0) is 6.42 Å². The molecule has 3 nitrogen and oxygen atoms in total. The Balaban J connectivity index is 1.63. The fraction of sp³-hybridized carbons (Fsp3) is 0.278. The Labute approximate surface area is 137 Å². The van der Waals surface area contributed by atoms with Crippen molar-refractivity contribution >= 4 is 23.0 Å². The van der Waals surface area contributed by atoms with Crippen LogP contribution in [0.1, 0.15) is 24.8 Å². The standard InChI is InChI=1S/C18H22N2OS/c19-18(22)20-16-11-7-12-17(14-16)21-13-6-2-5-10-15-8-3-1-4-9-15/h1,3-4,7-9,11-12,14H,2,5-6,10,13H2,(H3,19,20,22). The van der Waals surface area contributed by atoms with E-state index in [2.05, 4.69) is 35.6 Å². The van der Waals surface area contributed by atoms with E-state index >= 15 is 0 Å². The average Bonchev–Trinajstić information content (AvgIpc) is 2.51. The molecule has 2 rings (SSSR count). The third-order valence-corrected chi connectivity index (χ3v) is 3.42. The lowest BCUT2D eigenvalue weighted by atomic mass is 10.1. The van der Waals surface area contributed by atoms with Crippen molar-refractivity contribution in [3.63, 3.8) is 0 Å². The highest BCUT2D eigenvalue weighted by Gasteiger charge is 1.98. The van der Waals surface area contributed by atoms with Crippen LogP contribution in [0.15, 0.2) is 54.6 Å². The topological polar surface area (TPSA) is 47.3 Å². The number of aryl methyl sites for hydroxylation is 1. The molecular weight excluding hydrogens is 292 g/mol. The molecule has 0 bridgehead atoms. The normalized spacial score (nSPS) is 10.2. The summed E-state index contributed by atoms with van der Waals surface area (Å²) in [5.74, 6) is 0.837. The summed E-state index contributed by atoms with van der Waals surface area (Å²) < 4.78 is 5.76. The van der Waals surface area contributed by atoms with Gasteiger partial charge < -0.3 is 15.8 Å². The predicted molar refractivity (Wildman–Crippen MR) is 96.3 cm³/mol. The summed E-state index contributed by atoms with van der Waals surface area (Å²) in [5.41, 5.74) is 7.72. The largest absolute Gasteiger partial charge is 0.494 e. The zero-order valence-electron chi connectivity index (χ0n) is 12.6. The molecule has 0 aliphatic rings. The number of hydrogen-bond donors (Lipinski definition) is 2. The molecule has 4 heteroatoms. The van der Waals surface area contributed by atoms with E-state index in [-0.39, 0.29) is 5.11 Å². The molecule has 0 aromatic heterocycles. The highest BCUT2D eigenvalue weighted by molar-refractivity contribution is 7.80. The lowest BCUT2D eigenvalue weighted by Gasteiger charge is -2.09. The summed E-state index contributed by atoms with van der Waals surface area (Å²) in [4.78, 5) is 0. The number of nitrogens with one attached hydrogen (secondary N) is 1. The molecule has 0 heterocycles. The maximum atomic E-state index is 5.76. The molecule has 0 saturated carbocycles. The number of hydrogen-bond acceptors (Lipinski definition) is 2. The minimum Gasteiger partial charge on any atom is -0.494 e. The Kier molecular flexibility index (Phi) is 6.71. The monoisotopic (exact) mass is 314 g/mol. The van der Waals surface area contributed by atoms with Crippen LogP contribution in [0.3, 0.4) is 0 Å². The van der Waals surface area contributed by atoms with Gasteiger partial charge in [-0.25, -0.2) is 0 Å². The third kappa shape index (κ3) is 6.14. The van der Waals surface area contributed by atoms with Gasteiger partial charge in [-0.1, -0.05) is 36.4 Å². The van der Waals surface area contributed by atoms with Gasteiger partial charge in [0.25, 0.3) is 0 Å². The quantitative estimate of drug-likeness (QED) is 0.568. The van der Waals surface area contributed by atoms with Gasteiger partial charge in [0.2, 0.25) is 0 Å². The van der Waals surface area contributed by atoms with E-state index in [1.807, 2.05) is 24.3 Å². The predicted octanol–water partition coefficient (Wildman–Crippen LogP) is 4.13. The number of anilines is 1. The molecule has 0 radical (unpaired) electrons. The lowest BCUT2D eigenvalue weighted by Crippen LogP contribution is -2.18. The summed E-state index contributed by atoms with van der Waals surface area (Å²) in [6, 6.07) is 18.3. The van der Waals surface area contributed by atoms with E-state index in [0.717, 1.165) is 30.9 Å². The minimum absolute atomic E-state index is 0.262. The van der Waals surface area contributed by atoms with E-state index in [9.17, 15) is 0 Å². The van der Waals surface area contributed by atoms with E-state index < -0.39 is 0 Å². The van der Waals surface area contributed by atoms with Crippen molar-refractivity contribution in [3.8, 4) is 5.75 Å². The van der Waals surface area contributed by atoms with Gasteiger partial charge in [0.05, 0.1) is 6.61 Å². The first-order chi connectivity index (χ1) is 10.7. The van der Waals surface area contributed by atoms with Gasteiger partial charge in [-0.2, -0.15) is 0 Å². The van der Waals surface area contributed by atoms with Crippen LogP contribution in [0.5, 0.6) is 5.75 Å². The molecule has 2 aromatic rings. The number of ether oxygens (including phenoxy) is 1. The minimum atomic E-state index is 0.262. The summed E-state index contributed by atoms with van der Waals surface area (Å²) in [7, 11) is 0. The second-order valence-electron chi connectivity index (χ2n) is 5.16. The number of benzene rings is 2. The summed E-state index contributed by atoms with van der Waals surface area (Å²) in [6.07, 6.45) is 4.55. The molecule has 116 valence electrons. The van der Waals surface area contributed by atoms with Gasteiger partial charge in [0.1, 0.15) is 5.75 Å². The zero-order chi connectivity index (χ0) is 15.6. The molecule has 22 heavy (non-hydrogen) atoms. The van der Waals surface area contributed by atoms with Crippen molar-refractivity contribution in [2.45, 2.75) is 25.7 Å². The molecule has 0 aliphatic carbocycles. The number of nitrogens with two attached hydrogens (primary N) is 1. The van der Waals surface area contributed by atoms with E-state index in [1.54, 1.807) is 0 Å². The number of unbranched alkanes of at least 4 members (excludes halogenated alkanes) is 2. The van der Waals surface area contributed by atoms with E-state index in [1.165, 1.54) is 18.4 Å². The Hall–Kier alpha value is -2.07. The number of thiocarbonyl (C=S) groups is 1. The molecule has 0 spiro atoms. The van der Waals surface area contributed by atoms with Crippen molar-refractivity contribution < 1.29 is 4.74 Å². The Morgan fingerprint density at radius 1 is 1.00 bits per heavy atom. The van der Waals surface area contributed by atoms with E-state index in [0.29, 0.717) is 0 Å². The Bertz CT molecular complexity index is 587. The van der Waals surface area contributed by atoms with Gasteiger partial charge >= 0.3 is 0 Å². The Morgan fingerprint density at radius 2 is 1.82 bits per heavy atom. The third-order valence-electron chi connectivity index (χ3n) is 3.32. The summed E-state index contributed by atoms with van der Waals surface area (Å²) >= 11 is 4.82. The maximum Gasteiger partial charge on any atom is 0.168 e. The first-order valence-corrected chi connectivity index (χ1v) is 7.98. The van der Waals surface area contributed by atoms with Crippen LogP contribution in [0.2, 0.25) is 0 Å². The molecule has 0 saturated heterocycles. The fourth-order valence-corrected chi connectivity index (χ4v) is 2.37. The fourth-order valence-electron chi connectivity index (χ4n) is 2.25. The zero-order valence-corrected chi connectivity index (χ0v) is 13.4. The van der Waals surface area contributed by atoms with Gasteiger partial charge in [-0.3, -0.25) is 0 Å². The van der Waals surface area contributed by atoms with Crippen molar-refractivity contribution in [1.29, 1.82) is 0 Å². The lowest BCUT2D eigenvalue weighted by molar-refractivity contribution is 0.305. The van der Waals surface area contributed by atoms with Crippen LogP contribution in [-0.4, -0.2) is 11.7 Å². The van der Waals surface area contributed by atoms with Gasteiger partial charge in [0.15, 0.2) is 5.11 Å². The molecular formula is C18H22N2OS. The summed E-state index contributed by atoms with van der Waals surface area (Å²) in [5, 5.41) is 3.17. The van der Waals surface area contributed by atoms with Crippen molar-refractivity contribution in [2.24, 2.45) is 5.73 Å². The van der Waals surface area contributed by atoms with Crippen LogP contribution in [0.4, 0.5) is 5.69 Å². The molecule has 2 aromatic carbocycles. The first-order valence-electron chi connectivity index (χ1n) is 7.57. The Morgan fingerprint density at radius 3 is 2.59 bits per heavy atom. The molecule has 0 atom stereocenters. The second kappa shape index (κ2) is 9.05. The molecule has 0 unspecified atom stereocenters. The highest BCUT2D eigenvalue weighted by Crippen LogP contribution is 2.17. The smallest absolute Gasteiger partial charge is 0.168 e. The number of rotatable bonds is 8. The van der Waals surface area contributed by atoms with Gasteiger partial charge in [-0.15, -0.1) is 0 Å². The molecule has 0 amide bonds. The van der Waals surface area contributed by atoms with Crippen LogP contribution in [0, 0.1) is 0 Å². The SMILES string of the molecule is NC(=S)Nc1cccc(OCCCCCc2ccccc2)c1. The van der Waals surface area contributed by atoms with Gasteiger partial charge in [-0.05, 0) is 55.6 Å². The second-order valence-corrected chi connectivity index (χ2v) is 5.60. The van der Waals surface area contributed by atoms with Crippen LogP contribution >= 0.6 is 12.2 Å². The molecule has 3 N–H and O–H groups in total.